The Morgan fingerprint density at radius 3 is 2.78 bits per heavy atom. The Kier molecular flexibility index (Phi) is 4.99. The SMILES string of the molecule is O=C(O)NC1=N[C@@]2(c3cc([N+](=O)[O-])cc(F)c3F)CO[C@H](C(F)F)[C@H]2CS1. The predicted octanol–water partition coefficient (Wildman–Crippen LogP) is 2.72. The van der Waals surface area contributed by atoms with E-state index in [1.165, 1.54) is 0 Å². The van der Waals surface area contributed by atoms with Crippen LogP contribution < -0.4 is 5.32 Å². The van der Waals surface area contributed by atoms with Crippen LogP contribution in [0.1, 0.15) is 5.56 Å². The molecule has 27 heavy (non-hydrogen) atoms. The molecule has 0 radical (unpaired) electrons. The summed E-state index contributed by atoms with van der Waals surface area (Å²) >= 11 is 0.798. The molecule has 1 saturated heterocycles. The van der Waals surface area contributed by atoms with Crippen LogP contribution in [-0.2, 0) is 10.3 Å². The first-order valence-electron chi connectivity index (χ1n) is 7.42. The van der Waals surface area contributed by atoms with Crippen LogP contribution in [-0.4, -0.2) is 46.2 Å². The Hall–Kier alpha value is -2.41. The van der Waals surface area contributed by atoms with E-state index < -0.39 is 64.5 Å². The molecule has 2 heterocycles. The molecule has 1 aromatic rings. The summed E-state index contributed by atoms with van der Waals surface area (Å²) in [6.07, 6.45) is -6.13. The Bertz CT molecular complexity index is 839. The number of aliphatic imine (C=N–C) groups is 1. The molecule has 0 aliphatic carbocycles. The molecular weight excluding hydrogens is 398 g/mol. The number of alkyl halides is 2. The first-order valence-corrected chi connectivity index (χ1v) is 8.40. The highest BCUT2D eigenvalue weighted by atomic mass is 32.2. The van der Waals surface area contributed by atoms with Gasteiger partial charge in [0.2, 0.25) is 0 Å². The highest BCUT2D eigenvalue weighted by Gasteiger charge is 2.57. The fraction of sp³-hybridized carbons (Fsp3) is 0.429. The molecule has 13 heteroatoms. The lowest BCUT2D eigenvalue weighted by molar-refractivity contribution is -0.385. The van der Waals surface area contributed by atoms with Crippen LogP contribution in [0.3, 0.4) is 0 Å². The van der Waals surface area contributed by atoms with E-state index in [0.717, 1.165) is 11.8 Å². The smallest absolute Gasteiger partial charge is 0.410 e. The third-order valence-corrected chi connectivity index (χ3v) is 5.35. The van der Waals surface area contributed by atoms with Crippen LogP contribution in [0.15, 0.2) is 17.1 Å². The van der Waals surface area contributed by atoms with Crippen molar-refractivity contribution in [2.24, 2.45) is 10.9 Å². The number of nitro groups is 1. The standard InChI is InChI=1S/C14H11F4N3O5S/c15-8-2-5(21(24)25)1-6(9(8)16)14-4-26-10(11(17)18)7(14)3-27-12(20-14)19-13(22)23/h1-2,7,10-11H,3-4H2,(H,19,20)(H,22,23)/t7-,10+,14-/m1/s1. The van der Waals surface area contributed by atoms with E-state index in [0.29, 0.717) is 12.1 Å². The van der Waals surface area contributed by atoms with E-state index in [1.54, 1.807) is 0 Å². The first-order chi connectivity index (χ1) is 12.7. The average Bonchev–Trinajstić information content (AvgIpc) is 2.96. The summed E-state index contributed by atoms with van der Waals surface area (Å²) in [5.41, 5.74) is -3.35. The van der Waals surface area contributed by atoms with Gasteiger partial charge in [-0.05, 0) is 0 Å². The molecule has 2 aliphatic heterocycles. The molecule has 1 fully saturated rings. The number of thioether (sulfide) groups is 1. The summed E-state index contributed by atoms with van der Waals surface area (Å²) in [6.45, 7) is -0.616. The number of nitro benzene ring substituents is 1. The van der Waals surface area contributed by atoms with E-state index in [-0.39, 0.29) is 10.9 Å². The Morgan fingerprint density at radius 1 is 1.48 bits per heavy atom. The quantitative estimate of drug-likeness (QED) is 0.451. The topological polar surface area (TPSA) is 114 Å². The van der Waals surface area contributed by atoms with Gasteiger partial charge in [-0.3, -0.25) is 15.4 Å². The highest BCUT2D eigenvalue weighted by Crippen LogP contribution is 2.50. The maximum Gasteiger partial charge on any atom is 0.410 e. The van der Waals surface area contributed by atoms with Crippen molar-refractivity contribution in [1.82, 2.24) is 5.32 Å². The number of amides is 1. The van der Waals surface area contributed by atoms with Crippen LogP contribution in [0.25, 0.3) is 0 Å². The van der Waals surface area contributed by atoms with Crippen molar-refractivity contribution in [2.75, 3.05) is 12.4 Å². The summed E-state index contributed by atoms with van der Waals surface area (Å²) in [5, 5.41) is 21.6. The summed E-state index contributed by atoms with van der Waals surface area (Å²) in [7, 11) is 0. The van der Waals surface area contributed by atoms with Crippen LogP contribution in [0.2, 0.25) is 0 Å². The molecule has 3 atom stereocenters. The largest absolute Gasteiger partial charge is 0.465 e. The van der Waals surface area contributed by atoms with Crippen molar-refractivity contribution in [3.05, 3.63) is 39.4 Å². The van der Waals surface area contributed by atoms with Crippen LogP contribution in [0.4, 0.5) is 28.0 Å². The molecule has 1 aromatic carbocycles. The van der Waals surface area contributed by atoms with Crippen molar-refractivity contribution in [3.8, 4) is 0 Å². The Morgan fingerprint density at radius 2 is 2.19 bits per heavy atom. The maximum absolute atomic E-state index is 14.5. The monoisotopic (exact) mass is 409 g/mol. The van der Waals surface area contributed by atoms with Gasteiger partial charge in [0.15, 0.2) is 16.8 Å². The normalized spacial score (nSPS) is 27.2. The number of fused-ring (bicyclic) bond motifs is 1. The molecule has 0 unspecified atom stereocenters. The van der Waals surface area contributed by atoms with Gasteiger partial charge in [0, 0.05) is 23.3 Å². The number of rotatable bonds is 3. The molecule has 0 aromatic heterocycles. The molecule has 2 N–H and O–H groups in total. The van der Waals surface area contributed by atoms with Gasteiger partial charge in [0.25, 0.3) is 12.1 Å². The second kappa shape index (κ2) is 6.96. The van der Waals surface area contributed by atoms with Gasteiger partial charge in [-0.15, -0.1) is 0 Å². The van der Waals surface area contributed by atoms with Gasteiger partial charge in [-0.2, -0.15) is 0 Å². The third kappa shape index (κ3) is 3.32. The number of benzene rings is 1. The number of carbonyl (C=O) groups is 1. The second-order valence-corrected chi connectivity index (χ2v) is 6.85. The zero-order chi connectivity index (χ0) is 19.9. The van der Waals surface area contributed by atoms with Crippen molar-refractivity contribution in [1.29, 1.82) is 0 Å². The molecular formula is C14H11F4N3O5S. The zero-order valence-electron chi connectivity index (χ0n) is 13.2. The zero-order valence-corrected chi connectivity index (χ0v) is 14.0. The van der Waals surface area contributed by atoms with Crippen LogP contribution in [0.5, 0.6) is 0 Å². The minimum atomic E-state index is -2.96. The Balaban J connectivity index is 2.20. The third-order valence-electron chi connectivity index (χ3n) is 4.36. The summed E-state index contributed by atoms with van der Waals surface area (Å²) in [6, 6.07) is 1.07. The molecule has 8 nitrogen and oxygen atoms in total. The molecule has 0 saturated carbocycles. The van der Waals surface area contributed by atoms with Crippen LogP contribution >= 0.6 is 11.8 Å². The number of ether oxygens (including phenoxy) is 1. The van der Waals surface area contributed by atoms with Gasteiger partial charge >= 0.3 is 6.09 Å². The number of halogens is 4. The Labute approximate surface area is 152 Å². The number of nitrogens with zero attached hydrogens (tertiary/aromatic N) is 2. The molecule has 146 valence electrons. The van der Waals surface area contributed by atoms with Crippen molar-refractivity contribution in [2.45, 2.75) is 18.1 Å². The van der Waals surface area contributed by atoms with Gasteiger partial charge in [0.1, 0.15) is 11.6 Å². The lowest BCUT2D eigenvalue weighted by atomic mass is 9.78. The van der Waals surface area contributed by atoms with E-state index in [9.17, 15) is 32.5 Å². The summed E-state index contributed by atoms with van der Waals surface area (Å²) in [5.74, 6) is -4.33. The second-order valence-electron chi connectivity index (χ2n) is 5.85. The van der Waals surface area contributed by atoms with Crippen molar-refractivity contribution < 1.29 is 37.1 Å². The lowest BCUT2D eigenvalue weighted by Crippen LogP contribution is -2.45. The van der Waals surface area contributed by atoms with E-state index in [1.807, 2.05) is 5.32 Å². The number of non-ortho nitro benzene ring substituents is 1. The lowest BCUT2D eigenvalue weighted by Gasteiger charge is -2.36. The molecule has 2 aliphatic rings. The summed E-state index contributed by atoms with van der Waals surface area (Å²) < 4.78 is 60.2. The molecule has 1 amide bonds. The minimum absolute atomic E-state index is 0.141. The van der Waals surface area contributed by atoms with Gasteiger partial charge < -0.3 is 9.84 Å². The van der Waals surface area contributed by atoms with Crippen LogP contribution in [0, 0.1) is 27.7 Å². The van der Waals surface area contributed by atoms with Gasteiger partial charge in [0.05, 0.1) is 17.6 Å². The minimum Gasteiger partial charge on any atom is -0.465 e. The number of amidine groups is 1. The predicted molar refractivity (Wildman–Crippen MR) is 85.0 cm³/mol. The summed E-state index contributed by atoms with van der Waals surface area (Å²) in [4.78, 5) is 24.9. The van der Waals surface area contributed by atoms with Gasteiger partial charge in [-0.25, -0.2) is 27.3 Å². The highest BCUT2D eigenvalue weighted by molar-refractivity contribution is 8.13. The number of hydrogen-bond donors (Lipinski definition) is 2. The fourth-order valence-corrected chi connectivity index (χ4v) is 4.37. The van der Waals surface area contributed by atoms with Crippen molar-refractivity contribution >= 4 is 28.7 Å². The van der Waals surface area contributed by atoms with E-state index >= 15 is 0 Å². The number of hydrogen-bond acceptors (Lipinski definition) is 6. The average molecular weight is 409 g/mol. The molecule has 0 spiro atoms. The number of carboxylic acid groups (broad SMARTS) is 1. The fourth-order valence-electron chi connectivity index (χ4n) is 3.19. The van der Waals surface area contributed by atoms with E-state index in [4.69, 9.17) is 9.84 Å². The van der Waals surface area contributed by atoms with Crippen molar-refractivity contribution in [3.63, 3.8) is 0 Å². The first kappa shape index (κ1) is 19.4. The molecule has 0 bridgehead atoms. The number of nitrogens with one attached hydrogen (secondary N) is 1. The van der Waals surface area contributed by atoms with Gasteiger partial charge in [-0.1, -0.05) is 11.8 Å². The van der Waals surface area contributed by atoms with E-state index in [2.05, 4.69) is 4.99 Å². The molecule has 3 rings (SSSR count). The maximum atomic E-state index is 14.5.